The molecule has 0 saturated heterocycles. The Bertz CT molecular complexity index is 793. The van der Waals surface area contributed by atoms with E-state index in [-0.39, 0.29) is 28.9 Å². The second kappa shape index (κ2) is 7.00. The van der Waals surface area contributed by atoms with Gasteiger partial charge in [0.2, 0.25) is 11.1 Å². The van der Waals surface area contributed by atoms with Gasteiger partial charge in [0.25, 0.3) is 0 Å². The minimum absolute atomic E-state index is 0.0316. The van der Waals surface area contributed by atoms with Gasteiger partial charge in [0.15, 0.2) is 5.69 Å². The second-order valence-electron chi connectivity index (χ2n) is 5.80. The van der Waals surface area contributed by atoms with Crippen LogP contribution >= 0.6 is 0 Å². The summed E-state index contributed by atoms with van der Waals surface area (Å²) in [5.74, 6) is -0.272. The zero-order valence-corrected chi connectivity index (χ0v) is 14.4. The van der Waals surface area contributed by atoms with Crippen molar-refractivity contribution < 1.29 is 22.5 Å². The lowest BCUT2D eigenvalue weighted by molar-refractivity contribution is -0.140. The molecule has 2 aromatic heterocycles. The number of nitrogens with one attached hydrogen (secondary N) is 1. The van der Waals surface area contributed by atoms with Crippen LogP contribution in [0.4, 0.5) is 19.1 Å². The smallest absolute Gasteiger partial charge is 0.389 e. The molecule has 2 N–H and O–H groups in total. The van der Waals surface area contributed by atoms with Gasteiger partial charge in [-0.25, -0.2) is 19.9 Å². The predicted octanol–water partition coefficient (Wildman–Crippen LogP) is 1.87. The van der Waals surface area contributed by atoms with E-state index in [0.717, 1.165) is 6.20 Å². The summed E-state index contributed by atoms with van der Waals surface area (Å²) in [6.07, 6.45) is -1.23. The zero-order chi connectivity index (χ0) is 18.8. The molecule has 0 bridgehead atoms. The van der Waals surface area contributed by atoms with Crippen LogP contribution in [0.3, 0.4) is 0 Å². The molecule has 0 fully saturated rings. The molecular weight excluding hydrogens is 359 g/mol. The summed E-state index contributed by atoms with van der Waals surface area (Å²) in [6, 6.07) is 1.26. The molecule has 0 radical (unpaired) electrons. The first-order chi connectivity index (χ1) is 11.5. The van der Waals surface area contributed by atoms with E-state index >= 15 is 0 Å². The SMILES string of the molecule is CS(=O)c1nccc(-c2cnc(NCC(C)(C)O)nc2C(F)(F)F)n1. The summed E-state index contributed by atoms with van der Waals surface area (Å²) < 4.78 is 51.6. The van der Waals surface area contributed by atoms with E-state index in [1.807, 2.05) is 0 Å². The fourth-order valence-electron chi connectivity index (χ4n) is 1.80. The minimum Gasteiger partial charge on any atom is -0.389 e. The zero-order valence-electron chi connectivity index (χ0n) is 13.6. The summed E-state index contributed by atoms with van der Waals surface area (Å²) in [4.78, 5) is 15.0. The van der Waals surface area contributed by atoms with E-state index < -0.39 is 28.3 Å². The van der Waals surface area contributed by atoms with Gasteiger partial charge in [0.1, 0.15) is 0 Å². The van der Waals surface area contributed by atoms with Gasteiger partial charge < -0.3 is 10.4 Å². The van der Waals surface area contributed by atoms with Crippen LogP contribution in [-0.2, 0) is 17.0 Å². The van der Waals surface area contributed by atoms with E-state index in [9.17, 15) is 22.5 Å². The van der Waals surface area contributed by atoms with Crippen LogP contribution in [0.2, 0.25) is 0 Å². The third kappa shape index (κ3) is 5.16. The summed E-state index contributed by atoms with van der Waals surface area (Å²) >= 11 is 0. The average molecular weight is 375 g/mol. The largest absolute Gasteiger partial charge is 0.434 e. The van der Waals surface area contributed by atoms with Crippen molar-refractivity contribution in [3.63, 3.8) is 0 Å². The van der Waals surface area contributed by atoms with Crippen LogP contribution in [0.5, 0.6) is 0 Å². The Labute approximate surface area is 144 Å². The molecule has 0 aliphatic heterocycles. The lowest BCUT2D eigenvalue weighted by atomic mass is 10.1. The number of rotatable bonds is 5. The van der Waals surface area contributed by atoms with Gasteiger partial charge in [0.05, 0.1) is 22.1 Å². The van der Waals surface area contributed by atoms with Crippen LogP contribution in [0.25, 0.3) is 11.3 Å². The molecule has 7 nitrogen and oxygen atoms in total. The van der Waals surface area contributed by atoms with Crippen molar-refractivity contribution in [1.29, 1.82) is 0 Å². The highest BCUT2D eigenvalue weighted by molar-refractivity contribution is 7.84. The number of hydrogen-bond acceptors (Lipinski definition) is 7. The lowest BCUT2D eigenvalue weighted by Crippen LogP contribution is -2.30. The van der Waals surface area contributed by atoms with Gasteiger partial charge in [0, 0.05) is 30.8 Å². The summed E-state index contributed by atoms with van der Waals surface area (Å²) in [5, 5.41) is 12.1. The molecule has 0 aliphatic rings. The van der Waals surface area contributed by atoms with E-state index in [4.69, 9.17) is 0 Å². The standard InChI is InChI=1S/C14H16F3N5O2S/c1-13(2,23)7-20-11-19-6-8(10(22-11)14(15,16)17)9-4-5-18-12(21-9)25(3)24/h4-6,23H,7H2,1-3H3,(H,19,20,22). The monoisotopic (exact) mass is 375 g/mol. The van der Waals surface area contributed by atoms with Gasteiger partial charge in [-0.3, -0.25) is 4.21 Å². The molecule has 0 amide bonds. The molecular formula is C14H16F3N5O2S. The fourth-order valence-corrected chi connectivity index (χ4v) is 2.23. The normalized spacial score (nSPS) is 13.6. The third-order valence-electron chi connectivity index (χ3n) is 2.90. The molecule has 1 atom stereocenters. The average Bonchev–Trinajstić information content (AvgIpc) is 2.51. The van der Waals surface area contributed by atoms with Gasteiger partial charge in [-0.1, -0.05) is 0 Å². The maximum Gasteiger partial charge on any atom is 0.434 e. The molecule has 0 aromatic carbocycles. The number of anilines is 1. The highest BCUT2D eigenvalue weighted by Gasteiger charge is 2.37. The van der Waals surface area contributed by atoms with Crippen molar-refractivity contribution in [2.75, 3.05) is 18.1 Å². The van der Waals surface area contributed by atoms with Crippen molar-refractivity contribution in [2.24, 2.45) is 0 Å². The van der Waals surface area contributed by atoms with Gasteiger partial charge in [-0.15, -0.1) is 0 Å². The first-order valence-corrected chi connectivity index (χ1v) is 8.60. The second-order valence-corrected chi connectivity index (χ2v) is 7.07. The topological polar surface area (TPSA) is 101 Å². The van der Waals surface area contributed by atoms with E-state index in [1.54, 1.807) is 0 Å². The Morgan fingerprint density at radius 3 is 2.48 bits per heavy atom. The molecule has 1 unspecified atom stereocenters. The first-order valence-electron chi connectivity index (χ1n) is 7.05. The summed E-state index contributed by atoms with van der Waals surface area (Å²) in [7, 11) is -1.54. The lowest BCUT2D eigenvalue weighted by Gasteiger charge is -2.18. The van der Waals surface area contributed by atoms with Gasteiger partial charge in [-0.05, 0) is 19.9 Å². The Morgan fingerprint density at radius 1 is 1.24 bits per heavy atom. The van der Waals surface area contributed by atoms with Crippen LogP contribution in [0.1, 0.15) is 19.5 Å². The third-order valence-corrected chi connectivity index (χ3v) is 3.61. The fraction of sp³-hybridized carbons (Fsp3) is 0.429. The highest BCUT2D eigenvalue weighted by atomic mass is 32.2. The molecule has 0 aliphatic carbocycles. The Morgan fingerprint density at radius 2 is 1.92 bits per heavy atom. The highest BCUT2D eigenvalue weighted by Crippen LogP contribution is 2.35. The summed E-state index contributed by atoms with van der Waals surface area (Å²) in [6.45, 7) is 2.95. The quantitative estimate of drug-likeness (QED) is 0.770. The maximum atomic E-state index is 13.4. The van der Waals surface area contributed by atoms with Crippen molar-refractivity contribution in [3.05, 3.63) is 24.2 Å². The first kappa shape index (κ1) is 19.2. The minimum atomic E-state index is -4.75. The molecule has 2 aromatic rings. The Kier molecular flexibility index (Phi) is 5.37. The van der Waals surface area contributed by atoms with E-state index in [1.165, 1.54) is 32.4 Å². The molecule has 25 heavy (non-hydrogen) atoms. The number of nitrogens with zero attached hydrogens (tertiary/aromatic N) is 4. The maximum absolute atomic E-state index is 13.4. The molecule has 136 valence electrons. The molecule has 0 spiro atoms. The molecule has 2 heterocycles. The Balaban J connectivity index is 2.48. The van der Waals surface area contributed by atoms with Crippen molar-refractivity contribution in [2.45, 2.75) is 30.8 Å². The number of alkyl halides is 3. The van der Waals surface area contributed by atoms with E-state index in [0.29, 0.717) is 0 Å². The number of hydrogen-bond donors (Lipinski definition) is 2. The van der Waals surface area contributed by atoms with Crippen LogP contribution in [0, 0.1) is 0 Å². The van der Waals surface area contributed by atoms with Crippen LogP contribution in [-0.4, -0.2) is 47.7 Å². The number of aromatic nitrogens is 4. The number of halogens is 3. The van der Waals surface area contributed by atoms with Crippen molar-refractivity contribution >= 4 is 16.7 Å². The van der Waals surface area contributed by atoms with Crippen molar-refractivity contribution in [3.8, 4) is 11.3 Å². The van der Waals surface area contributed by atoms with E-state index in [2.05, 4.69) is 25.3 Å². The van der Waals surface area contributed by atoms with Crippen LogP contribution in [0.15, 0.2) is 23.6 Å². The number of aliphatic hydroxyl groups is 1. The molecule has 11 heteroatoms. The molecule has 0 saturated carbocycles. The Hall–Kier alpha value is -2.14. The van der Waals surface area contributed by atoms with Gasteiger partial charge in [-0.2, -0.15) is 13.2 Å². The summed E-state index contributed by atoms with van der Waals surface area (Å²) in [5.41, 5.74) is -2.77. The van der Waals surface area contributed by atoms with Crippen LogP contribution < -0.4 is 5.32 Å². The molecule has 2 rings (SSSR count). The predicted molar refractivity (Wildman–Crippen MR) is 85.2 cm³/mol. The van der Waals surface area contributed by atoms with Crippen molar-refractivity contribution in [1.82, 2.24) is 19.9 Å². The van der Waals surface area contributed by atoms with Gasteiger partial charge >= 0.3 is 6.18 Å².